The van der Waals surface area contributed by atoms with Crippen LogP contribution in [0.25, 0.3) is 0 Å². The number of benzene rings is 1. The molecule has 0 aliphatic rings. The summed E-state index contributed by atoms with van der Waals surface area (Å²) in [6.07, 6.45) is -0.309. The Bertz CT molecular complexity index is 436. The molecule has 0 spiro atoms. The lowest BCUT2D eigenvalue weighted by atomic mass is 10.1. The van der Waals surface area contributed by atoms with Gasteiger partial charge < -0.3 is 10.2 Å². The average Bonchev–Trinajstić information content (AvgIpc) is 2.29. The van der Waals surface area contributed by atoms with E-state index in [1.165, 1.54) is 0 Å². The van der Waals surface area contributed by atoms with Gasteiger partial charge in [-0.3, -0.25) is 4.79 Å². The van der Waals surface area contributed by atoms with Crippen LogP contribution in [-0.2, 0) is 11.2 Å². The van der Waals surface area contributed by atoms with Crippen molar-refractivity contribution in [2.75, 3.05) is 27.2 Å². The first-order valence-corrected chi connectivity index (χ1v) is 5.45. The number of carbonyl (C=O) groups is 1. The molecule has 0 unspecified atom stereocenters. The Kier molecular flexibility index (Phi) is 5.15. The molecule has 0 saturated heterocycles. The monoisotopic (exact) mass is 260 g/mol. The highest BCUT2D eigenvalue weighted by molar-refractivity contribution is 5.78. The number of nitrogens with zero attached hydrogens (tertiary/aromatic N) is 1. The molecule has 0 aliphatic carbocycles. The Hall–Kier alpha value is -1.56. The number of nitrogens with one attached hydrogen (secondary N) is 1. The van der Waals surface area contributed by atoms with E-state index in [-0.39, 0.29) is 12.0 Å². The van der Waals surface area contributed by atoms with E-state index in [1.54, 1.807) is 0 Å². The number of carbonyl (C=O) groups excluding carboxylic acids is 1. The first kappa shape index (κ1) is 14.5. The zero-order valence-corrected chi connectivity index (χ0v) is 10.3. The van der Waals surface area contributed by atoms with Gasteiger partial charge in [-0.25, -0.2) is 13.2 Å². The summed E-state index contributed by atoms with van der Waals surface area (Å²) >= 11 is 0. The van der Waals surface area contributed by atoms with Gasteiger partial charge in [0.05, 0.1) is 6.42 Å². The van der Waals surface area contributed by atoms with Crippen molar-refractivity contribution in [1.29, 1.82) is 0 Å². The van der Waals surface area contributed by atoms with Crippen LogP contribution in [0.5, 0.6) is 0 Å². The van der Waals surface area contributed by atoms with Gasteiger partial charge in [-0.15, -0.1) is 0 Å². The van der Waals surface area contributed by atoms with E-state index >= 15 is 0 Å². The van der Waals surface area contributed by atoms with E-state index < -0.39 is 23.4 Å². The molecule has 18 heavy (non-hydrogen) atoms. The maximum atomic E-state index is 13.3. The van der Waals surface area contributed by atoms with Crippen LogP contribution in [0.4, 0.5) is 13.2 Å². The van der Waals surface area contributed by atoms with E-state index in [9.17, 15) is 18.0 Å². The summed E-state index contributed by atoms with van der Waals surface area (Å²) in [4.78, 5) is 13.3. The molecule has 1 rings (SSSR count). The maximum Gasteiger partial charge on any atom is 0.224 e. The fourth-order valence-electron chi connectivity index (χ4n) is 1.36. The summed E-state index contributed by atoms with van der Waals surface area (Å²) < 4.78 is 38.8. The first-order valence-electron chi connectivity index (χ1n) is 5.45. The van der Waals surface area contributed by atoms with Crippen LogP contribution in [0, 0.1) is 17.5 Å². The van der Waals surface area contributed by atoms with Crippen molar-refractivity contribution < 1.29 is 18.0 Å². The number of rotatable bonds is 5. The van der Waals surface area contributed by atoms with Crippen LogP contribution in [0.1, 0.15) is 5.56 Å². The summed E-state index contributed by atoms with van der Waals surface area (Å²) in [5, 5.41) is 2.56. The molecule has 0 fully saturated rings. The van der Waals surface area contributed by atoms with Gasteiger partial charge in [0.2, 0.25) is 5.91 Å². The highest BCUT2D eigenvalue weighted by atomic mass is 19.2. The molecule has 0 bridgehead atoms. The van der Waals surface area contributed by atoms with Gasteiger partial charge in [0.25, 0.3) is 0 Å². The topological polar surface area (TPSA) is 32.3 Å². The van der Waals surface area contributed by atoms with E-state index in [2.05, 4.69) is 5.32 Å². The fraction of sp³-hybridized carbons (Fsp3) is 0.417. The fourth-order valence-corrected chi connectivity index (χ4v) is 1.36. The zero-order valence-electron chi connectivity index (χ0n) is 10.3. The number of hydrogen-bond acceptors (Lipinski definition) is 2. The lowest BCUT2D eigenvalue weighted by Crippen LogP contribution is -2.32. The van der Waals surface area contributed by atoms with Crippen LogP contribution < -0.4 is 5.32 Å². The van der Waals surface area contributed by atoms with Crippen molar-refractivity contribution in [3.63, 3.8) is 0 Å². The van der Waals surface area contributed by atoms with Crippen LogP contribution >= 0.6 is 0 Å². The largest absolute Gasteiger partial charge is 0.355 e. The smallest absolute Gasteiger partial charge is 0.224 e. The number of likely N-dealkylation sites (N-methyl/N-ethyl adjacent to an activating group) is 1. The predicted octanol–water partition coefficient (Wildman–Crippen LogP) is 1.32. The Morgan fingerprint density at radius 1 is 1.22 bits per heavy atom. The van der Waals surface area contributed by atoms with Crippen LogP contribution in [0.15, 0.2) is 12.1 Å². The molecular formula is C12H15F3N2O. The number of amides is 1. The van der Waals surface area contributed by atoms with Crippen molar-refractivity contribution >= 4 is 5.91 Å². The number of halogens is 3. The quantitative estimate of drug-likeness (QED) is 0.810. The summed E-state index contributed by atoms with van der Waals surface area (Å²) in [5.74, 6) is -4.54. The van der Waals surface area contributed by atoms with Crippen molar-refractivity contribution in [3.8, 4) is 0 Å². The van der Waals surface area contributed by atoms with Crippen molar-refractivity contribution in [2.45, 2.75) is 6.42 Å². The van der Waals surface area contributed by atoms with Gasteiger partial charge in [-0.2, -0.15) is 0 Å². The molecule has 0 aromatic heterocycles. The third-order valence-corrected chi connectivity index (χ3v) is 2.35. The van der Waals surface area contributed by atoms with E-state index in [4.69, 9.17) is 0 Å². The highest BCUT2D eigenvalue weighted by Gasteiger charge is 2.15. The number of hydrogen-bond donors (Lipinski definition) is 1. The molecular weight excluding hydrogens is 245 g/mol. The Morgan fingerprint density at radius 2 is 1.89 bits per heavy atom. The molecule has 0 radical (unpaired) electrons. The standard InChI is InChI=1S/C12H15F3N2O/c1-17(2)6-5-16-10(18)7-8-3-4-9(13)12(15)11(8)14/h3-4H,5-7H2,1-2H3,(H,16,18). The summed E-state index contributed by atoms with van der Waals surface area (Å²) in [6.45, 7) is 1.06. The van der Waals surface area contributed by atoms with Gasteiger partial charge >= 0.3 is 0 Å². The average molecular weight is 260 g/mol. The molecule has 0 saturated carbocycles. The molecule has 0 aliphatic heterocycles. The van der Waals surface area contributed by atoms with Crippen LogP contribution in [-0.4, -0.2) is 38.0 Å². The predicted molar refractivity (Wildman–Crippen MR) is 61.6 cm³/mol. The molecule has 0 heterocycles. The third kappa shape index (κ3) is 4.03. The van der Waals surface area contributed by atoms with E-state index in [0.717, 1.165) is 12.1 Å². The Balaban J connectivity index is 2.57. The molecule has 100 valence electrons. The third-order valence-electron chi connectivity index (χ3n) is 2.35. The summed E-state index contributed by atoms with van der Waals surface area (Å²) in [7, 11) is 3.70. The van der Waals surface area contributed by atoms with Crippen LogP contribution in [0.3, 0.4) is 0 Å². The normalized spacial score (nSPS) is 10.8. The molecule has 1 aromatic rings. The summed E-state index contributed by atoms with van der Waals surface area (Å²) in [6, 6.07) is 1.88. The van der Waals surface area contributed by atoms with Gasteiger partial charge in [0, 0.05) is 18.7 Å². The van der Waals surface area contributed by atoms with Crippen molar-refractivity contribution in [2.24, 2.45) is 0 Å². The molecule has 0 atom stereocenters. The second-order valence-electron chi connectivity index (χ2n) is 4.16. The molecule has 6 heteroatoms. The highest BCUT2D eigenvalue weighted by Crippen LogP contribution is 2.15. The Morgan fingerprint density at radius 3 is 2.50 bits per heavy atom. The molecule has 1 aromatic carbocycles. The molecule has 1 N–H and O–H groups in total. The maximum absolute atomic E-state index is 13.3. The van der Waals surface area contributed by atoms with Crippen LogP contribution in [0.2, 0.25) is 0 Å². The first-order chi connectivity index (χ1) is 8.41. The Labute approximate surface area is 104 Å². The zero-order chi connectivity index (χ0) is 13.7. The minimum absolute atomic E-state index is 0.156. The SMILES string of the molecule is CN(C)CCNC(=O)Cc1ccc(F)c(F)c1F. The second-order valence-corrected chi connectivity index (χ2v) is 4.16. The van der Waals surface area contributed by atoms with Gasteiger partial charge in [-0.05, 0) is 20.2 Å². The minimum atomic E-state index is -1.55. The minimum Gasteiger partial charge on any atom is -0.355 e. The molecule has 1 amide bonds. The lowest BCUT2D eigenvalue weighted by Gasteiger charge is -2.10. The summed E-state index contributed by atoms with van der Waals surface area (Å²) in [5.41, 5.74) is -0.156. The van der Waals surface area contributed by atoms with Gasteiger partial charge in [0.1, 0.15) is 0 Å². The second kappa shape index (κ2) is 6.39. The lowest BCUT2D eigenvalue weighted by molar-refractivity contribution is -0.120. The van der Waals surface area contributed by atoms with Crippen molar-refractivity contribution in [3.05, 3.63) is 35.1 Å². The molecule has 3 nitrogen and oxygen atoms in total. The van der Waals surface area contributed by atoms with Gasteiger partial charge in [0.15, 0.2) is 17.5 Å². The van der Waals surface area contributed by atoms with Gasteiger partial charge in [-0.1, -0.05) is 6.07 Å². The van der Waals surface area contributed by atoms with E-state index in [0.29, 0.717) is 13.1 Å². The van der Waals surface area contributed by atoms with E-state index in [1.807, 2.05) is 19.0 Å². The van der Waals surface area contributed by atoms with Crippen molar-refractivity contribution in [1.82, 2.24) is 10.2 Å².